The van der Waals surface area contributed by atoms with E-state index in [-0.39, 0.29) is 30.1 Å². The molecule has 4 nitrogen and oxygen atoms in total. The van der Waals surface area contributed by atoms with Gasteiger partial charge in [-0.25, -0.2) is 0 Å². The van der Waals surface area contributed by atoms with Gasteiger partial charge in [-0.05, 0) is 42.2 Å². The Balaban J connectivity index is 1.71. The molecule has 1 saturated carbocycles. The molecule has 5 heteroatoms. The molecule has 3 rings (SSSR count). The van der Waals surface area contributed by atoms with Gasteiger partial charge in [0.25, 0.3) is 0 Å². The normalized spacial score (nSPS) is 34.4. The lowest BCUT2D eigenvalue weighted by Crippen LogP contribution is -2.50. The molecule has 1 aromatic rings. The van der Waals surface area contributed by atoms with E-state index in [0.29, 0.717) is 13.1 Å². The third kappa shape index (κ3) is 2.75. The summed E-state index contributed by atoms with van der Waals surface area (Å²) in [6.07, 6.45) is 3.08. The molecule has 2 fully saturated rings. The summed E-state index contributed by atoms with van der Waals surface area (Å²) >= 11 is 1.67. The van der Waals surface area contributed by atoms with Crippen molar-refractivity contribution >= 4 is 17.2 Å². The molecule has 2 aliphatic rings. The van der Waals surface area contributed by atoms with Gasteiger partial charge < -0.3 is 15.4 Å². The minimum Gasteiger partial charge on any atom is -0.367 e. The molecule has 110 valence electrons. The Kier molecular flexibility index (Phi) is 4.10. The zero-order valence-electron chi connectivity index (χ0n) is 11.8. The Hall–Kier alpha value is -0.910. The van der Waals surface area contributed by atoms with E-state index >= 15 is 0 Å². The van der Waals surface area contributed by atoms with Gasteiger partial charge in [-0.15, -0.1) is 0 Å². The number of hydrogen-bond acceptors (Lipinski definition) is 4. The molecule has 1 aromatic heterocycles. The van der Waals surface area contributed by atoms with Crippen molar-refractivity contribution in [1.82, 2.24) is 4.90 Å². The third-order valence-corrected chi connectivity index (χ3v) is 5.07. The first-order valence-corrected chi connectivity index (χ1v) is 8.31. The van der Waals surface area contributed by atoms with Crippen molar-refractivity contribution < 1.29 is 9.53 Å². The molecule has 0 spiro atoms. The average molecular weight is 294 g/mol. The van der Waals surface area contributed by atoms with Crippen LogP contribution in [0.3, 0.4) is 0 Å². The minimum absolute atomic E-state index is 0.00609. The fourth-order valence-corrected chi connectivity index (χ4v) is 4.01. The van der Waals surface area contributed by atoms with Gasteiger partial charge in [0.2, 0.25) is 5.91 Å². The van der Waals surface area contributed by atoms with E-state index in [9.17, 15) is 4.79 Å². The highest BCUT2D eigenvalue weighted by Gasteiger charge is 2.37. The first-order valence-electron chi connectivity index (χ1n) is 7.37. The van der Waals surface area contributed by atoms with E-state index in [0.717, 1.165) is 19.3 Å². The van der Waals surface area contributed by atoms with Crippen molar-refractivity contribution in [1.29, 1.82) is 0 Å². The second-order valence-corrected chi connectivity index (χ2v) is 6.72. The van der Waals surface area contributed by atoms with E-state index in [4.69, 9.17) is 10.5 Å². The summed E-state index contributed by atoms with van der Waals surface area (Å²) in [5, 5.41) is 4.16. The molecule has 0 unspecified atom stereocenters. The second-order valence-electron chi connectivity index (χ2n) is 5.94. The van der Waals surface area contributed by atoms with Crippen LogP contribution >= 0.6 is 11.3 Å². The van der Waals surface area contributed by atoms with Crippen LogP contribution in [0.4, 0.5) is 0 Å². The zero-order chi connectivity index (χ0) is 14.1. The number of carbonyl (C=O) groups excluding carboxylic acids is 1. The van der Waals surface area contributed by atoms with Gasteiger partial charge in [0, 0.05) is 12.6 Å². The van der Waals surface area contributed by atoms with Crippen LogP contribution in [-0.4, -0.2) is 36.0 Å². The topological polar surface area (TPSA) is 55.6 Å². The van der Waals surface area contributed by atoms with Crippen molar-refractivity contribution in [2.24, 2.45) is 11.7 Å². The molecule has 0 bridgehead atoms. The van der Waals surface area contributed by atoms with Crippen LogP contribution in [0.5, 0.6) is 0 Å². The van der Waals surface area contributed by atoms with Gasteiger partial charge in [0.15, 0.2) is 0 Å². The number of amides is 1. The monoisotopic (exact) mass is 294 g/mol. The first-order chi connectivity index (χ1) is 9.65. The maximum atomic E-state index is 12.7. The fraction of sp³-hybridized carbons (Fsp3) is 0.667. The molecule has 0 radical (unpaired) electrons. The van der Waals surface area contributed by atoms with E-state index in [2.05, 4.69) is 16.8 Å². The molecule has 1 aliphatic heterocycles. The number of rotatable bonds is 2. The number of ether oxygens (including phenoxy) is 1. The Morgan fingerprint density at radius 1 is 1.45 bits per heavy atom. The van der Waals surface area contributed by atoms with Gasteiger partial charge in [0.1, 0.15) is 6.10 Å². The SMILES string of the molecule is C[C@@H]1CN(C(=O)[C@@H]2CCC[C@@H]2N)C[C@@H](c2ccsc2)O1. The number of nitrogens with zero attached hydrogens (tertiary/aromatic N) is 1. The van der Waals surface area contributed by atoms with Gasteiger partial charge >= 0.3 is 0 Å². The van der Waals surface area contributed by atoms with Crippen LogP contribution in [0.1, 0.15) is 37.9 Å². The maximum absolute atomic E-state index is 12.7. The summed E-state index contributed by atoms with van der Waals surface area (Å²) in [6.45, 7) is 3.37. The molecule has 2 N–H and O–H groups in total. The predicted octanol–water partition coefficient (Wildman–Crippen LogP) is 2.16. The summed E-state index contributed by atoms with van der Waals surface area (Å²) in [6, 6.07) is 2.12. The molecular formula is C15H22N2O2S. The molecule has 4 atom stereocenters. The lowest BCUT2D eigenvalue weighted by Gasteiger charge is -2.38. The summed E-state index contributed by atoms with van der Waals surface area (Å²) in [5.41, 5.74) is 7.25. The summed E-state index contributed by atoms with van der Waals surface area (Å²) in [5.74, 6) is 0.244. The van der Waals surface area contributed by atoms with Crippen molar-refractivity contribution in [3.8, 4) is 0 Å². The quantitative estimate of drug-likeness (QED) is 0.909. The van der Waals surface area contributed by atoms with Crippen molar-refractivity contribution in [2.45, 2.75) is 44.4 Å². The van der Waals surface area contributed by atoms with E-state index < -0.39 is 0 Å². The lowest BCUT2D eigenvalue weighted by molar-refractivity contribution is -0.149. The van der Waals surface area contributed by atoms with Crippen LogP contribution in [0.15, 0.2) is 16.8 Å². The summed E-state index contributed by atoms with van der Waals surface area (Å²) < 4.78 is 5.98. The van der Waals surface area contributed by atoms with Crippen molar-refractivity contribution in [2.75, 3.05) is 13.1 Å². The van der Waals surface area contributed by atoms with E-state index in [1.165, 1.54) is 5.56 Å². The minimum atomic E-state index is 0.00609. The molecule has 1 aliphatic carbocycles. The zero-order valence-corrected chi connectivity index (χ0v) is 12.6. The smallest absolute Gasteiger partial charge is 0.227 e. The van der Waals surface area contributed by atoms with E-state index in [1.807, 2.05) is 11.8 Å². The number of thiophene rings is 1. The fourth-order valence-electron chi connectivity index (χ4n) is 3.30. The van der Waals surface area contributed by atoms with Gasteiger partial charge in [-0.2, -0.15) is 11.3 Å². The highest BCUT2D eigenvalue weighted by atomic mass is 32.1. The van der Waals surface area contributed by atoms with Crippen LogP contribution < -0.4 is 5.73 Å². The summed E-state index contributed by atoms with van der Waals surface area (Å²) in [4.78, 5) is 14.6. The molecule has 0 aromatic carbocycles. The van der Waals surface area contributed by atoms with Crippen molar-refractivity contribution in [3.05, 3.63) is 22.4 Å². The highest BCUT2D eigenvalue weighted by Crippen LogP contribution is 2.31. The third-order valence-electron chi connectivity index (χ3n) is 4.37. The molecule has 1 saturated heterocycles. The predicted molar refractivity (Wildman–Crippen MR) is 79.5 cm³/mol. The number of carbonyl (C=O) groups is 1. The Labute approximate surface area is 123 Å². The standard InChI is InChI=1S/C15H22N2O2S/c1-10-7-17(15(18)12-3-2-4-13(12)16)8-14(19-10)11-5-6-20-9-11/h5-6,9-10,12-14H,2-4,7-8,16H2,1H3/t10-,12-,13+,14+/m1/s1. The Morgan fingerprint density at radius 3 is 2.95 bits per heavy atom. The first kappa shape index (κ1) is 14.0. The molecular weight excluding hydrogens is 272 g/mol. The Bertz CT molecular complexity index is 462. The molecule has 2 heterocycles. The van der Waals surface area contributed by atoms with Gasteiger partial charge in [0.05, 0.1) is 18.6 Å². The lowest BCUT2D eigenvalue weighted by atomic mass is 10.0. The van der Waals surface area contributed by atoms with Crippen LogP contribution in [-0.2, 0) is 9.53 Å². The van der Waals surface area contributed by atoms with Crippen LogP contribution in [0.25, 0.3) is 0 Å². The average Bonchev–Trinajstić information content (AvgIpc) is 3.08. The van der Waals surface area contributed by atoms with Gasteiger partial charge in [-0.3, -0.25) is 4.79 Å². The summed E-state index contributed by atoms with van der Waals surface area (Å²) in [7, 11) is 0. The second kappa shape index (κ2) is 5.84. The molecule has 20 heavy (non-hydrogen) atoms. The number of hydrogen-bond donors (Lipinski definition) is 1. The van der Waals surface area contributed by atoms with Crippen molar-refractivity contribution in [3.63, 3.8) is 0 Å². The number of nitrogens with two attached hydrogens (primary N) is 1. The highest BCUT2D eigenvalue weighted by molar-refractivity contribution is 7.07. The maximum Gasteiger partial charge on any atom is 0.227 e. The van der Waals surface area contributed by atoms with Crippen LogP contribution in [0, 0.1) is 5.92 Å². The van der Waals surface area contributed by atoms with E-state index in [1.54, 1.807) is 11.3 Å². The van der Waals surface area contributed by atoms with Crippen LogP contribution in [0.2, 0.25) is 0 Å². The largest absolute Gasteiger partial charge is 0.367 e. The molecule has 1 amide bonds. The van der Waals surface area contributed by atoms with Gasteiger partial charge in [-0.1, -0.05) is 6.42 Å². The Morgan fingerprint density at radius 2 is 2.30 bits per heavy atom. The number of morpholine rings is 1.